The lowest BCUT2D eigenvalue weighted by atomic mass is 10.1. The monoisotopic (exact) mass is 248 g/mol. The largest absolute Gasteiger partial charge is 0.454 e. The molecule has 1 saturated heterocycles. The van der Waals surface area contributed by atoms with E-state index in [0.29, 0.717) is 19.5 Å². The van der Waals surface area contributed by atoms with Gasteiger partial charge in [-0.25, -0.2) is 0 Å². The molecule has 2 N–H and O–H groups in total. The molecule has 1 amide bonds. The van der Waals surface area contributed by atoms with E-state index in [-0.39, 0.29) is 18.7 Å². The minimum Gasteiger partial charge on any atom is -0.454 e. The van der Waals surface area contributed by atoms with Gasteiger partial charge in [0.25, 0.3) is 0 Å². The number of ether oxygens (including phenoxy) is 2. The van der Waals surface area contributed by atoms with E-state index < -0.39 is 0 Å². The van der Waals surface area contributed by atoms with E-state index in [4.69, 9.17) is 15.2 Å². The first kappa shape index (κ1) is 11.3. The normalized spacial score (nSPS) is 21.7. The van der Waals surface area contributed by atoms with Crippen LogP contribution in [0.25, 0.3) is 0 Å². The number of likely N-dealkylation sites (tertiary alicyclic amines) is 1. The Labute approximate surface area is 105 Å². The van der Waals surface area contributed by atoms with Crippen molar-refractivity contribution in [3.05, 3.63) is 23.8 Å². The van der Waals surface area contributed by atoms with Crippen molar-refractivity contribution in [1.29, 1.82) is 0 Å². The summed E-state index contributed by atoms with van der Waals surface area (Å²) in [5.41, 5.74) is 6.91. The zero-order valence-corrected chi connectivity index (χ0v) is 10.1. The summed E-state index contributed by atoms with van der Waals surface area (Å²) in [6.07, 6.45) is 1.29. The second-order valence-corrected chi connectivity index (χ2v) is 4.74. The zero-order chi connectivity index (χ0) is 12.5. The fraction of sp³-hybridized carbons (Fsp3) is 0.462. The maximum absolute atomic E-state index is 11.6. The van der Waals surface area contributed by atoms with Crippen molar-refractivity contribution >= 4 is 5.91 Å². The SMILES string of the molecule is NC1CC(=O)N(CCc2ccc3c(c2)OCO3)C1. The maximum atomic E-state index is 11.6. The van der Waals surface area contributed by atoms with Crippen molar-refractivity contribution < 1.29 is 14.3 Å². The summed E-state index contributed by atoms with van der Waals surface area (Å²) in [5.74, 6) is 1.73. The Morgan fingerprint density at radius 1 is 1.33 bits per heavy atom. The molecule has 2 heterocycles. The van der Waals surface area contributed by atoms with Crippen molar-refractivity contribution in [2.75, 3.05) is 19.9 Å². The highest BCUT2D eigenvalue weighted by atomic mass is 16.7. The van der Waals surface area contributed by atoms with E-state index in [0.717, 1.165) is 23.5 Å². The van der Waals surface area contributed by atoms with Gasteiger partial charge in [-0.05, 0) is 24.1 Å². The number of benzene rings is 1. The molecule has 0 bridgehead atoms. The number of carbonyl (C=O) groups excluding carboxylic acids is 1. The van der Waals surface area contributed by atoms with Crippen LogP contribution in [-0.4, -0.2) is 36.7 Å². The number of hydrogen-bond acceptors (Lipinski definition) is 4. The smallest absolute Gasteiger partial charge is 0.231 e. The van der Waals surface area contributed by atoms with E-state index >= 15 is 0 Å². The van der Waals surface area contributed by atoms with E-state index in [1.165, 1.54) is 0 Å². The number of nitrogens with zero attached hydrogens (tertiary/aromatic N) is 1. The van der Waals surface area contributed by atoms with Gasteiger partial charge in [0, 0.05) is 25.6 Å². The van der Waals surface area contributed by atoms with Crippen LogP contribution in [0.5, 0.6) is 11.5 Å². The molecular weight excluding hydrogens is 232 g/mol. The van der Waals surface area contributed by atoms with Crippen LogP contribution in [0.4, 0.5) is 0 Å². The van der Waals surface area contributed by atoms with Gasteiger partial charge in [-0.3, -0.25) is 4.79 Å². The topological polar surface area (TPSA) is 64.8 Å². The van der Waals surface area contributed by atoms with Crippen LogP contribution in [0.1, 0.15) is 12.0 Å². The predicted molar refractivity (Wildman–Crippen MR) is 65.4 cm³/mol. The average Bonchev–Trinajstić information content (AvgIpc) is 2.92. The molecule has 2 aliphatic heterocycles. The van der Waals surface area contributed by atoms with Crippen molar-refractivity contribution in [3.8, 4) is 11.5 Å². The fourth-order valence-electron chi connectivity index (χ4n) is 2.38. The molecule has 1 fully saturated rings. The van der Waals surface area contributed by atoms with Crippen molar-refractivity contribution in [2.45, 2.75) is 18.9 Å². The van der Waals surface area contributed by atoms with Crippen LogP contribution in [0.3, 0.4) is 0 Å². The van der Waals surface area contributed by atoms with Crippen molar-refractivity contribution in [1.82, 2.24) is 4.90 Å². The average molecular weight is 248 g/mol. The lowest BCUT2D eigenvalue weighted by Gasteiger charge is -2.15. The summed E-state index contributed by atoms with van der Waals surface area (Å²) < 4.78 is 10.6. The Kier molecular flexibility index (Phi) is 2.83. The summed E-state index contributed by atoms with van der Waals surface area (Å²) in [5, 5.41) is 0. The number of fused-ring (bicyclic) bond motifs is 1. The van der Waals surface area contributed by atoms with E-state index in [9.17, 15) is 4.79 Å². The lowest BCUT2D eigenvalue weighted by Crippen LogP contribution is -2.30. The molecular formula is C13H16N2O3. The molecule has 0 radical (unpaired) electrons. The molecule has 2 aliphatic rings. The van der Waals surface area contributed by atoms with E-state index in [2.05, 4.69) is 0 Å². The first-order valence-corrected chi connectivity index (χ1v) is 6.14. The lowest BCUT2D eigenvalue weighted by molar-refractivity contribution is -0.127. The standard InChI is InChI=1S/C13H16N2O3/c14-10-6-13(16)15(7-10)4-3-9-1-2-11-12(5-9)18-8-17-11/h1-2,5,10H,3-4,6-8,14H2. The van der Waals surface area contributed by atoms with Gasteiger partial charge in [-0.2, -0.15) is 0 Å². The van der Waals surface area contributed by atoms with Gasteiger partial charge in [0.05, 0.1) is 0 Å². The van der Waals surface area contributed by atoms with E-state index in [1.807, 2.05) is 23.1 Å². The molecule has 1 unspecified atom stereocenters. The first-order valence-electron chi connectivity index (χ1n) is 6.14. The number of carbonyl (C=O) groups is 1. The Balaban J connectivity index is 1.62. The third-order valence-corrected chi connectivity index (χ3v) is 3.35. The summed E-state index contributed by atoms with van der Waals surface area (Å²) in [4.78, 5) is 13.4. The molecule has 0 saturated carbocycles. The van der Waals surface area contributed by atoms with Gasteiger partial charge >= 0.3 is 0 Å². The van der Waals surface area contributed by atoms with Crippen molar-refractivity contribution in [3.63, 3.8) is 0 Å². The molecule has 1 aromatic rings. The molecule has 0 spiro atoms. The molecule has 3 rings (SSSR count). The molecule has 18 heavy (non-hydrogen) atoms. The van der Waals surface area contributed by atoms with Crippen LogP contribution in [-0.2, 0) is 11.2 Å². The summed E-state index contributed by atoms with van der Waals surface area (Å²) in [6, 6.07) is 5.89. The zero-order valence-electron chi connectivity index (χ0n) is 10.1. The number of nitrogens with two attached hydrogens (primary N) is 1. The van der Waals surface area contributed by atoms with Crippen LogP contribution in [0, 0.1) is 0 Å². The second kappa shape index (κ2) is 4.49. The molecule has 96 valence electrons. The van der Waals surface area contributed by atoms with Gasteiger partial charge in [0.1, 0.15) is 0 Å². The molecule has 5 nitrogen and oxygen atoms in total. The highest BCUT2D eigenvalue weighted by Crippen LogP contribution is 2.32. The fourth-order valence-corrected chi connectivity index (χ4v) is 2.38. The van der Waals surface area contributed by atoms with Crippen molar-refractivity contribution in [2.24, 2.45) is 5.73 Å². The first-order chi connectivity index (χ1) is 8.72. The number of hydrogen-bond donors (Lipinski definition) is 1. The van der Waals surface area contributed by atoms with Crippen LogP contribution in [0.2, 0.25) is 0 Å². The Bertz CT molecular complexity index is 475. The van der Waals surface area contributed by atoms with Gasteiger partial charge in [-0.15, -0.1) is 0 Å². The number of rotatable bonds is 3. The third-order valence-electron chi connectivity index (χ3n) is 3.35. The summed E-state index contributed by atoms with van der Waals surface area (Å²) in [6.45, 7) is 1.67. The highest BCUT2D eigenvalue weighted by Gasteiger charge is 2.26. The Morgan fingerprint density at radius 3 is 2.94 bits per heavy atom. The summed E-state index contributed by atoms with van der Waals surface area (Å²) in [7, 11) is 0. The minimum absolute atomic E-state index is 0.00532. The van der Waals surface area contributed by atoms with Gasteiger partial charge in [-0.1, -0.05) is 6.07 Å². The van der Waals surface area contributed by atoms with Gasteiger partial charge < -0.3 is 20.1 Å². The van der Waals surface area contributed by atoms with Crippen LogP contribution >= 0.6 is 0 Å². The molecule has 1 aromatic carbocycles. The molecule has 0 aliphatic carbocycles. The van der Waals surface area contributed by atoms with Gasteiger partial charge in [0.2, 0.25) is 12.7 Å². The maximum Gasteiger partial charge on any atom is 0.231 e. The highest BCUT2D eigenvalue weighted by molar-refractivity contribution is 5.79. The predicted octanol–water partition coefficient (Wildman–Crippen LogP) is 0.517. The van der Waals surface area contributed by atoms with E-state index in [1.54, 1.807) is 0 Å². The number of amides is 1. The minimum atomic E-state index is -0.00532. The second-order valence-electron chi connectivity index (χ2n) is 4.74. The third kappa shape index (κ3) is 2.13. The molecule has 5 heteroatoms. The Hall–Kier alpha value is -1.75. The molecule has 1 atom stereocenters. The van der Waals surface area contributed by atoms with Crippen LogP contribution < -0.4 is 15.2 Å². The summed E-state index contributed by atoms with van der Waals surface area (Å²) >= 11 is 0. The van der Waals surface area contributed by atoms with Crippen LogP contribution in [0.15, 0.2) is 18.2 Å². The Morgan fingerprint density at radius 2 is 2.17 bits per heavy atom. The van der Waals surface area contributed by atoms with Gasteiger partial charge in [0.15, 0.2) is 11.5 Å². The quantitative estimate of drug-likeness (QED) is 0.847. The molecule has 0 aromatic heterocycles.